The van der Waals surface area contributed by atoms with Gasteiger partial charge in [-0.25, -0.2) is 0 Å². The van der Waals surface area contributed by atoms with Crippen LogP contribution >= 0.6 is 0 Å². The maximum Gasteiger partial charge on any atom is 0.123 e. The molecule has 4 heteroatoms. The van der Waals surface area contributed by atoms with E-state index in [4.69, 9.17) is 4.42 Å². The number of carbonyl (C=O) groups is 1. The van der Waals surface area contributed by atoms with E-state index in [1.165, 1.54) is 5.56 Å². The van der Waals surface area contributed by atoms with Crippen molar-refractivity contribution in [2.45, 2.75) is 26.3 Å². The number of aryl methyl sites for hydroxylation is 2. The van der Waals surface area contributed by atoms with E-state index in [1.807, 2.05) is 24.3 Å². The van der Waals surface area contributed by atoms with Gasteiger partial charge >= 0.3 is 0 Å². The molecule has 0 atom stereocenters. The Hall–Kier alpha value is -2.75. The molecule has 1 aromatic carbocycles. The maximum atomic E-state index is 10.8. The number of carboxylic acids is 1. The molecule has 3 aromatic rings. The highest BCUT2D eigenvalue weighted by molar-refractivity contribution is 5.65. The molecule has 118 valence electrons. The molecule has 0 amide bonds. The van der Waals surface area contributed by atoms with Gasteiger partial charge in [0.15, 0.2) is 0 Å². The molecule has 0 N–H and O–H groups in total. The van der Waals surface area contributed by atoms with Crippen LogP contribution in [0.15, 0.2) is 59.2 Å². The van der Waals surface area contributed by atoms with E-state index in [0.29, 0.717) is 13.0 Å². The van der Waals surface area contributed by atoms with Gasteiger partial charge in [0, 0.05) is 17.4 Å². The van der Waals surface area contributed by atoms with Crippen molar-refractivity contribution in [1.82, 2.24) is 4.57 Å². The highest BCUT2D eigenvalue weighted by Gasteiger charge is 2.12. The fraction of sp³-hybridized carbons (Fsp3) is 0.211. The predicted molar refractivity (Wildman–Crippen MR) is 85.7 cm³/mol. The van der Waals surface area contributed by atoms with E-state index >= 15 is 0 Å². The predicted octanol–water partition coefficient (Wildman–Crippen LogP) is 2.79. The number of hydrogen-bond donors (Lipinski definition) is 0. The highest BCUT2D eigenvalue weighted by atomic mass is 16.4. The Kier molecular flexibility index (Phi) is 4.33. The average Bonchev–Trinajstić information content (AvgIpc) is 3.17. The van der Waals surface area contributed by atoms with Crippen LogP contribution in [0.5, 0.6) is 0 Å². The van der Waals surface area contributed by atoms with Crippen molar-refractivity contribution >= 4 is 5.97 Å². The van der Waals surface area contributed by atoms with Gasteiger partial charge in [-0.3, -0.25) is 0 Å². The molecule has 0 aliphatic heterocycles. The third-order valence-corrected chi connectivity index (χ3v) is 3.90. The first-order valence-corrected chi connectivity index (χ1v) is 7.61. The van der Waals surface area contributed by atoms with Crippen molar-refractivity contribution < 1.29 is 14.3 Å². The van der Waals surface area contributed by atoms with Crippen LogP contribution in [-0.4, -0.2) is 10.5 Å². The molecule has 4 nitrogen and oxygen atoms in total. The molecule has 0 aliphatic carbocycles. The van der Waals surface area contributed by atoms with Crippen molar-refractivity contribution in [3.05, 3.63) is 71.8 Å². The summed E-state index contributed by atoms with van der Waals surface area (Å²) in [5, 5.41) is 10.8. The smallest absolute Gasteiger partial charge is 0.123 e. The summed E-state index contributed by atoms with van der Waals surface area (Å²) in [7, 11) is 0. The van der Waals surface area contributed by atoms with Crippen LogP contribution < -0.4 is 5.11 Å². The third kappa shape index (κ3) is 3.54. The van der Waals surface area contributed by atoms with E-state index < -0.39 is 5.97 Å². The fourth-order valence-electron chi connectivity index (χ4n) is 2.68. The van der Waals surface area contributed by atoms with Gasteiger partial charge < -0.3 is 18.9 Å². The molecule has 23 heavy (non-hydrogen) atoms. The number of furan rings is 1. The SMILES string of the molecule is Cc1ccc(-c2ccc(CCC(=O)[O-])n2Cc2ccco2)cc1. The third-order valence-electron chi connectivity index (χ3n) is 3.90. The lowest BCUT2D eigenvalue weighted by Crippen LogP contribution is -2.23. The van der Waals surface area contributed by atoms with Gasteiger partial charge in [0.1, 0.15) is 5.76 Å². The Labute approximate surface area is 135 Å². The van der Waals surface area contributed by atoms with Crippen LogP contribution in [-0.2, 0) is 17.8 Å². The Balaban J connectivity index is 1.97. The molecule has 2 heterocycles. The number of benzene rings is 1. The fourth-order valence-corrected chi connectivity index (χ4v) is 2.68. The van der Waals surface area contributed by atoms with Crippen LogP contribution in [0.1, 0.15) is 23.4 Å². The highest BCUT2D eigenvalue weighted by Crippen LogP contribution is 2.25. The van der Waals surface area contributed by atoms with Crippen molar-refractivity contribution in [2.24, 2.45) is 0 Å². The van der Waals surface area contributed by atoms with Gasteiger partial charge in [-0.2, -0.15) is 0 Å². The summed E-state index contributed by atoms with van der Waals surface area (Å²) < 4.78 is 7.55. The topological polar surface area (TPSA) is 58.2 Å². The number of hydrogen-bond acceptors (Lipinski definition) is 3. The summed E-state index contributed by atoms with van der Waals surface area (Å²) >= 11 is 0. The molecular formula is C19H18NO3-. The molecule has 2 aromatic heterocycles. The molecule has 0 fully saturated rings. The zero-order valence-electron chi connectivity index (χ0n) is 13.0. The number of carboxylic acid groups (broad SMARTS) is 1. The first kappa shape index (κ1) is 15.2. The standard InChI is InChI=1S/C19H19NO3/c1-14-4-6-15(7-5-14)18-10-8-16(9-11-19(21)22)20(18)13-17-3-2-12-23-17/h2-8,10,12H,9,11,13H2,1H3,(H,21,22)/p-1. The normalized spacial score (nSPS) is 10.8. The van der Waals surface area contributed by atoms with Crippen LogP contribution in [0.25, 0.3) is 11.3 Å². The van der Waals surface area contributed by atoms with Gasteiger partial charge in [0.05, 0.1) is 12.8 Å². The molecule has 0 saturated carbocycles. The van der Waals surface area contributed by atoms with E-state index in [1.54, 1.807) is 6.26 Å². The van der Waals surface area contributed by atoms with Crippen molar-refractivity contribution in [3.63, 3.8) is 0 Å². The van der Waals surface area contributed by atoms with E-state index in [2.05, 4.69) is 35.8 Å². The van der Waals surface area contributed by atoms with Crippen molar-refractivity contribution in [1.29, 1.82) is 0 Å². The largest absolute Gasteiger partial charge is 0.550 e. The van der Waals surface area contributed by atoms with E-state index in [-0.39, 0.29) is 6.42 Å². The molecule has 3 rings (SSSR count). The Morgan fingerprint density at radius 3 is 2.57 bits per heavy atom. The Morgan fingerprint density at radius 1 is 1.13 bits per heavy atom. The van der Waals surface area contributed by atoms with Gasteiger partial charge in [-0.15, -0.1) is 0 Å². The summed E-state index contributed by atoms with van der Waals surface area (Å²) in [5.41, 5.74) is 4.31. The van der Waals surface area contributed by atoms with E-state index in [9.17, 15) is 9.90 Å². The zero-order valence-corrected chi connectivity index (χ0v) is 13.0. The number of carbonyl (C=O) groups excluding carboxylic acids is 1. The Bertz CT molecular complexity index is 783. The van der Waals surface area contributed by atoms with Crippen molar-refractivity contribution in [3.8, 4) is 11.3 Å². The molecule has 0 aliphatic rings. The van der Waals surface area contributed by atoms with Gasteiger partial charge in [0.25, 0.3) is 0 Å². The van der Waals surface area contributed by atoms with Crippen LogP contribution in [0.3, 0.4) is 0 Å². The first-order chi connectivity index (χ1) is 11.1. The van der Waals surface area contributed by atoms with Gasteiger partial charge in [-0.05, 0) is 49.6 Å². The van der Waals surface area contributed by atoms with Gasteiger partial charge in [0.2, 0.25) is 0 Å². The summed E-state index contributed by atoms with van der Waals surface area (Å²) in [5.74, 6) is -0.197. The van der Waals surface area contributed by atoms with Crippen molar-refractivity contribution in [2.75, 3.05) is 0 Å². The zero-order chi connectivity index (χ0) is 16.2. The minimum Gasteiger partial charge on any atom is -0.550 e. The minimum atomic E-state index is -1.03. The monoisotopic (exact) mass is 308 g/mol. The number of rotatable bonds is 6. The molecule has 0 bridgehead atoms. The number of aliphatic carboxylic acids is 1. The summed E-state index contributed by atoms with van der Waals surface area (Å²) in [6, 6.07) is 16.1. The van der Waals surface area contributed by atoms with Crippen LogP contribution in [0.2, 0.25) is 0 Å². The molecule has 0 unspecified atom stereocenters. The second kappa shape index (κ2) is 6.57. The van der Waals surface area contributed by atoms with E-state index in [0.717, 1.165) is 22.7 Å². The first-order valence-electron chi connectivity index (χ1n) is 7.61. The van der Waals surface area contributed by atoms with Gasteiger partial charge in [-0.1, -0.05) is 29.8 Å². The average molecular weight is 308 g/mol. The number of nitrogens with zero attached hydrogens (tertiary/aromatic N) is 1. The molecule has 0 saturated heterocycles. The van der Waals surface area contributed by atoms with Crippen LogP contribution in [0, 0.1) is 6.92 Å². The second-order valence-electron chi connectivity index (χ2n) is 5.61. The van der Waals surface area contributed by atoms with Crippen LogP contribution in [0.4, 0.5) is 0 Å². The summed E-state index contributed by atoms with van der Waals surface area (Å²) in [6.07, 6.45) is 2.09. The molecule has 0 spiro atoms. The quantitative estimate of drug-likeness (QED) is 0.703. The molecule has 0 radical (unpaired) electrons. The summed E-state index contributed by atoms with van der Waals surface area (Å²) in [6.45, 7) is 2.63. The minimum absolute atomic E-state index is 0.00943. The lowest BCUT2D eigenvalue weighted by molar-refractivity contribution is -0.305. The Morgan fingerprint density at radius 2 is 1.91 bits per heavy atom. The summed E-state index contributed by atoms with van der Waals surface area (Å²) in [4.78, 5) is 10.8. The lowest BCUT2D eigenvalue weighted by atomic mass is 10.1. The molecular weight excluding hydrogens is 290 g/mol. The second-order valence-corrected chi connectivity index (χ2v) is 5.61. The maximum absolute atomic E-state index is 10.8. The number of aromatic nitrogens is 1. The lowest BCUT2D eigenvalue weighted by Gasteiger charge is -2.13.